The number of fused-ring (bicyclic) bond motifs is 2. The van der Waals surface area contributed by atoms with Crippen LogP contribution in [0.1, 0.15) is 45.2 Å². The fourth-order valence-corrected chi connectivity index (χ4v) is 10.8. The smallest absolute Gasteiger partial charge is 0.147 e. The molecule has 1 aromatic heterocycles. The molecule has 4 atom stereocenters. The maximum Gasteiger partial charge on any atom is 0.147 e. The number of benzene rings is 2. The largest absolute Gasteiger partial charge is 0.313 e. The average Bonchev–Trinajstić information content (AvgIpc) is 3.12. The predicted molar refractivity (Wildman–Crippen MR) is 125 cm³/mol. The van der Waals surface area contributed by atoms with Gasteiger partial charge in [0, 0.05) is 34.1 Å². The second kappa shape index (κ2) is 6.92. The molecule has 3 heteroatoms. The highest BCUT2D eigenvalue weighted by Gasteiger charge is 2.70. The zero-order valence-electron chi connectivity index (χ0n) is 18.0. The summed E-state index contributed by atoms with van der Waals surface area (Å²) in [5, 5.41) is 1.96. The molecule has 2 nitrogen and oxygen atoms in total. The van der Waals surface area contributed by atoms with Crippen LogP contribution in [0.4, 0.5) is 0 Å². The van der Waals surface area contributed by atoms with Crippen LogP contribution in [-0.4, -0.2) is 10.6 Å². The molecule has 154 valence electrons. The van der Waals surface area contributed by atoms with Gasteiger partial charge < -0.3 is 4.57 Å². The van der Waals surface area contributed by atoms with Crippen molar-refractivity contribution in [3.05, 3.63) is 90.8 Å². The van der Waals surface area contributed by atoms with E-state index in [-0.39, 0.29) is 22.4 Å². The maximum absolute atomic E-state index is 15.4. The normalized spacial score (nSPS) is 29.8. The van der Waals surface area contributed by atoms with Crippen LogP contribution >= 0.6 is 7.14 Å². The molecule has 1 heterocycles. The SMILES string of the molecule is CC1(C)[C@@H]2CC[C@@]1(C)[C@@H](c1ccccn1)[C@H]2P(=O)(c1ccccc1)c1ccccc1. The van der Waals surface area contributed by atoms with Gasteiger partial charge in [-0.15, -0.1) is 0 Å². The van der Waals surface area contributed by atoms with Gasteiger partial charge in [-0.3, -0.25) is 4.98 Å². The Morgan fingerprint density at radius 2 is 1.40 bits per heavy atom. The van der Waals surface area contributed by atoms with E-state index in [2.05, 4.69) is 57.2 Å². The van der Waals surface area contributed by atoms with E-state index < -0.39 is 7.14 Å². The lowest BCUT2D eigenvalue weighted by molar-refractivity contribution is 0.133. The first-order valence-electron chi connectivity index (χ1n) is 11.0. The van der Waals surface area contributed by atoms with E-state index in [9.17, 15) is 0 Å². The van der Waals surface area contributed by atoms with Crippen LogP contribution in [0.3, 0.4) is 0 Å². The summed E-state index contributed by atoms with van der Waals surface area (Å²) in [4.78, 5) is 4.82. The Morgan fingerprint density at radius 1 is 0.833 bits per heavy atom. The fraction of sp³-hybridized carbons (Fsp3) is 0.370. The molecule has 2 bridgehead atoms. The van der Waals surface area contributed by atoms with Crippen molar-refractivity contribution in [2.24, 2.45) is 16.7 Å². The number of hydrogen-bond acceptors (Lipinski definition) is 2. The summed E-state index contributed by atoms with van der Waals surface area (Å²) in [6.45, 7) is 7.23. The summed E-state index contributed by atoms with van der Waals surface area (Å²) in [6, 6.07) is 26.7. The highest BCUT2D eigenvalue weighted by atomic mass is 31.2. The van der Waals surface area contributed by atoms with Gasteiger partial charge in [0.1, 0.15) is 7.14 Å². The first-order valence-corrected chi connectivity index (χ1v) is 12.8. The van der Waals surface area contributed by atoms with Crippen LogP contribution in [0.25, 0.3) is 0 Å². The highest BCUT2D eigenvalue weighted by molar-refractivity contribution is 7.79. The van der Waals surface area contributed by atoms with E-state index in [1.165, 1.54) is 6.42 Å². The van der Waals surface area contributed by atoms with Crippen molar-refractivity contribution in [2.45, 2.75) is 45.2 Å². The standard InChI is InChI=1S/C27H30NOP/c1-26(2)22-17-18-27(26,3)24(23-16-10-11-19-28-23)25(22)30(29,20-12-6-4-7-13-20)21-14-8-5-9-15-21/h4-16,19,22,24-25H,17-18H2,1-3H3/t22-,24+,25+,27+/m1/s1. The van der Waals surface area contributed by atoms with Gasteiger partial charge in [0.2, 0.25) is 0 Å². The van der Waals surface area contributed by atoms with Gasteiger partial charge in [0.15, 0.2) is 0 Å². The van der Waals surface area contributed by atoms with Crippen LogP contribution < -0.4 is 10.6 Å². The lowest BCUT2D eigenvalue weighted by Gasteiger charge is -2.42. The van der Waals surface area contributed by atoms with Crippen LogP contribution in [0.2, 0.25) is 0 Å². The molecule has 0 aliphatic heterocycles. The molecule has 2 aliphatic carbocycles. The quantitative estimate of drug-likeness (QED) is 0.489. The van der Waals surface area contributed by atoms with Gasteiger partial charge in [-0.1, -0.05) is 87.5 Å². The monoisotopic (exact) mass is 415 g/mol. The molecule has 0 spiro atoms. The van der Waals surface area contributed by atoms with Crippen molar-refractivity contribution >= 4 is 17.8 Å². The van der Waals surface area contributed by atoms with Gasteiger partial charge >= 0.3 is 0 Å². The van der Waals surface area contributed by atoms with Crippen molar-refractivity contribution in [3.8, 4) is 0 Å². The van der Waals surface area contributed by atoms with Crippen LogP contribution in [0.15, 0.2) is 85.1 Å². The van der Waals surface area contributed by atoms with Gasteiger partial charge in [-0.05, 0) is 41.7 Å². The molecule has 0 saturated heterocycles. The fourth-order valence-electron chi connectivity index (χ4n) is 6.64. The molecule has 0 amide bonds. The third kappa shape index (κ3) is 2.56. The lowest BCUT2D eigenvalue weighted by atomic mass is 9.66. The zero-order chi connectivity index (χ0) is 21.0. The van der Waals surface area contributed by atoms with Gasteiger partial charge in [0.25, 0.3) is 0 Å². The van der Waals surface area contributed by atoms with Crippen molar-refractivity contribution in [3.63, 3.8) is 0 Å². The third-order valence-electron chi connectivity index (χ3n) is 8.52. The maximum atomic E-state index is 15.4. The molecule has 0 radical (unpaired) electrons. The Kier molecular flexibility index (Phi) is 4.56. The molecule has 2 aromatic carbocycles. The van der Waals surface area contributed by atoms with Gasteiger partial charge in [-0.25, -0.2) is 0 Å². The first kappa shape index (κ1) is 19.8. The molecular formula is C27H30NOP. The number of nitrogens with zero attached hydrogens (tertiary/aromatic N) is 1. The minimum absolute atomic E-state index is 0.0611. The predicted octanol–water partition coefficient (Wildman–Crippen LogP) is 6.00. The summed E-state index contributed by atoms with van der Waals surface area (Å²) in [5.74, 6) is 0.583. The van der Waals surface area contributed by atoms with Crippen molar-refractivity contribution < 1.29 is 4.57 Å². The van der Waals surface area contributed by atoms with E-state index in [0.29, 0.717) is 5.92 Å². The minimum Gasteiger partial charge on any atom is -0.313 e. The molecule has 0 unspecified atom stereocenters. The van der Waals surface area contributed by atoms with Gasteiger partial charge in [-0.2, -0.15) is 0 Å². The van der Waals surface area contributed by atoms with Crippen LogP contribution in [-0.2, 0) is 4.57 Å². The number of pyridine rings is 1. The topological polar surface area (TPSA) is 30.0 Å². The zero-order valence-corrected chi connectivity index (χ0v) is 18.9. The van der Waals surface area contributed by atoms with E-state index in [4.69, 9.17) is 4.98 Å². The summed E-state index contributed by atoms with van der Waals surface area (Å²) in [7, 11) is -2.90. The average molecular weight is 416 g/mol. The van der Waals surface area contributed by atoms with Crippen molar-refractivity contribution in [1.82, 2.24) is 4.98 Å². The molecular weight excluding hydrogens is 385 g/mol. The Bertz CT molecular complexity index is 1040. The summed E-state index contributed by atoms with van der Waals surface area (Å²) in [5.41, 5.74) is 1.35. The Hall–Kier alpha value is -2.18. The highest BCUT2D eigenvalue weighted by Crippen LogP contribution is 2.78. The molecule has 2 aliphatic rings. The molecule has 5 rings (SSSR count). The summed E-state index contributed by atoms with van der Waals surface area (Å²) < 4.78 is 15.4. The number of hydrogen-bond donors (Lipinski definition) is 0. The van der Waals surface area contributed by atoms with E-state index >= 15 is 4.57 Å². The molecule has 30 heavy (non-hydrogen) atoms. The number of rotatable bonds is 4. The Labute approximate surface area is 180 Å². The second-order valence-corrected chi connectivity index (χ2v) is 12.8. The number of aromatic nitrogens is 1. The van der Waals surface area contributed by atoms with Gasteiger partial charge in [0.05, 0.1) is 0 Å². The second-order valence-electron chi connectivity index (χ2n) is 9.84. The lowest BCUT2D eigenvalue weighted by Crippen LogP contribution is -2.37. The van der Waals surface area contributed by atoms with Crippen LogP contribution in [0.5, 0.6) is 0 Å². The molecule has 0 N–H and O–H groups in total. The Morgan fingerprint density at radius 3 is 1.93 bits per heavy atom. The van der Waals surface area contributed by atoms with Crippen LogP contribution in [0, 0.1) is 16.7 Å². The van der Waals surface area contributed by atoms with E-state index in [0.717, 1.165) is 22.7 Å². The van der Waals surface area contributed by atoms with Crippen molar-refractivity contribution in [1.29, 1.82) is 0 Å². The summed E-state index contributed by atoms with van der Waals surface area (Å²) in [6.07, 6.45) is 4.21. The minimum atomic E-state index is -2.90. The molecule has 2 saturated carbocycles. The first-order chi connectivity index (χ1) is 14.4. The molecule has 2 fully saturated rings. The Balaban J connectivity index is 1.79. The molecule has 3 aromatic rings. The third-order valence-corrected chi connectivity index (χ3v) is 12.1. The summed E-state index contributed by atoms with van der Waals surface area (Å²) >= 11 is 0. The van der Waals surface area contributed by atoms with Crippen molar-refractivity contribution in [2.75, 3.05) is 0 Å². The van der Waals surface area contributed by atoms with E-state index in [1.54, 1.807) is 0 Å². The van der Waals surface area contributed by atoms with E-state index in [1.807, 2.05) is 48.7 Å².